The largest absolute Gasteiger partial charge is 0.494 e. The molecule has 7 aromatic rings. The maximum atomic E-state index is 13.0. The highest BCUT2D eigenvalue weighted by molar-refractivity contribution is 6.62. The Morgan fingerprint density at radius 2 is 1.06 bits per heavy atom. The van der Waals surface area contributed by atoms with E-state index in [0.717, 1.165) is 30.6 Å². The topological polar surface area (TPSA) is 130 Å². The maximum Gasteiger partial charge on any atom is 0.494 e. The third-order valence-corrected chi connectivity index (χ3v) is 8.83. The van der Waals surface area contributed by atoms with E-state index in [9.17, 15) is 20.6 Å². The number of hydrogen-bond donors (Lipinski definition) is 0. The van der Waals surface area contributed by atoms with E-state index in [1.807, 2.05) is 0 Å². The molecular formula is C38H33BN4O6. The molecule has 0 unspecified atom stereocenters. The molecule has 10 nitrogen and oxygen atoms in total. The van der Waals surface area contributed by atoms with Crippen molar-refractivity contribution in [2.45, 2.75) is 64.4 Å². The molecule has 11 heteroatoms. The number of benzene rings is 1. The first-order valence-corrected chi connectivity index (χ1v) is 15.4. The minimum absolute atomic E-state index is 0.0310. The molecule has 0 bridgehead atoms. The van der Waals surface area contributed by atoms with Gasteiger partial charge in [-0.25, -0.2) is 19.6 Å². The average molecular weight is 661 g/mol. The Bertz CT molecular complexity index is 2730. The van der Waals surface area contributed by atoms with Crippen LogP contribution >= 0.6 is 0 Å². The maximum absolute atomic E-state index is 13.0. The molecule has 1 aliphatic rings. The van der Waals surface area contributed by atoms with Gasteiger partial charge in [0.15, 0.2) is 0 Å². The number of rotatable bonds is 7. The first-order valence-electron chi connectivity index (χ1n) is 19.4. The van der Waals surface area contributed by atoms with Gasteiger partial charge in [0, 0.05) is 35.8 Å². The van der Waals surface area contributed by atoms with Crippen molar-refractivity contribution < 1.29 is 29.1 Å². The summed E-state index contributed by atoms with van der Waals surface area (Å²) in [5, 5.41) is 0.579. The SMILES string of the molecule is [2H]C([2H])(c1cc(B2OC(C)(C)C(C)(C)O2)cc(C([2H])([2H])C([2H])([2H])c2cnc3c(c2)c(=O)oc2ncccc23)c1)C([2H])([2H])c1cnc2c(c1)c(=O)oc1ncccc12. The molecule has 0 atom stereocenters. The first-order chi connectivity index (χ1) is 26.6. The molecular weight excluding hydrogens is 619 g/mol. The molecule has 0 spiro atoms. The van der Waals surface area contributed by atoms with Crippen molar-refractivity contribution in [3.63, 3.8) is 0 Å². The van der Waals surface area contributed by atoms with Crippen LogP contribution in [-0.2, 0) is 34.8 Å². The molecule has 0 aliphatic carbocycles. The second-order valence-corrected chi connectivity index (χ2v) is 12.7. The highest BCUT2D eigenvalue weighted by atomic mass is 16.7. The van der Waals surface area contributed by atoms with Crippen LogP contribution in [0.4, 0.5) is 0 Å². The Balaban J connectivity index is 1.27. The number of pyridine rings is 4. The van der Waals surface area contributed by atoms with Gasteiger partial charge < -0.3 is 18.1 Å². The first kappa shape index (κ1) is 23.2. The quantitative estimate of drug-likeness (QED) is 0.156. The van der Waals surface area contributed by atoms with E-state index in [-0.39, 0.29) is 60.9 Å². The third kappa shape index (κ3) is 5.68. The van der Waals surface area contributed by atoms with Gasteiger partial charge in [-0.3, -0.25) is 9.97 Å². The van der Waals surface area contributed by atoms with E-state index in [4.69, 9.17) is 18.1 Å². The van der Waals surface area contributed by atoms with Crippen molar-refractivity contribution in [1.82, 2.24) is 19.9 Å². The average Bonchev–Trinajstić information content (AvgIpc) is 3.39. The highest BCUT2D eigenvalue weighted by Crippen LogP contribution is 2.36. The van der Waals surface area contributed by atoms with Crippen LogP contribution in [0.2, 0.25) is 0 Å². The molecule has 1 aliphatic heterocycles. The molecule has 49 heavy (non-hydrogen) atoms. The van der Waals surface area contributed by atoms with Crippen LogP contribution in [0.3, 0.4) is 0 Å². The van der Waals surface area contributed by atoms with Gasteiger partial charge in [-0.15, -0.1) is 0 Å². The van der Waals surface area contributed by atoms with E-state index in [2.05, 4.69) is 19.9 Å². The van der Waals surface area contributed by atoms with Gasteiger partial charge in [-0.05, 0) is 117 Å². The smallest absolute Gasteiger partial charge is 0.403 e. The lowest BCUT2D eigenvalue weighted by Gasteiger charge is -2.32. The van der Waals surface area contributed by atoms with Gasteiger partial charge >= 0.3 is 18.4 Å². The summed E-state index contributed by atoms with van der Waals surface area (Å²) in [6.45, 7) is 7.16. The number of aromatic nitrogens is 4. The molecule has 0 N–H and O–H groups in total. The molecule has 0 radical (unpaired) electrons. The van der Waals surface area contributed by atoms with Gasteiger partial charge in [-0.1, -0.05) is 18.2 Å². The summed E-state index contributed by atoms with van der Waals surface area (Å²) >= 11 is 0. The van der Waals surface area contributed by atoms with Crippen LogP contribution in [0.5, 0.6) is 0 Å². The Morgan fingerprint density at radius 1 is 0.612 bits per heavy atom. The molecule has 0 amide bonds. The predicted octanol–water partition coefficient (Wildman–Crippen LogP) is 5.66. The Morgan fingerprint density at radius 3 is 1.53 bits per heavy atom. The fourth-order valence-electron chi connectivity index (χ4n) is 5.60. The van der Waals surface area contributed by atoms with E-state index in [1.54, 1.807) is 52.0 Å². The number of nitrogens with zero attached hydrogens (tertiary/aromatic N) is 4. The lowest BCUT2D eigenvalue weighted by molar-refractivity contribution is 0.00578. The zero-order valence-electron chi connectivity index (χ0n) is 34.8. The molecule has 1 fully saturated rings. The zero-order chi connectivity index (χ0) is 41.1. The monoisotopic (exact) mass is 660 g/mol. The van der Waals surface area contributed by atoms with Crippen LogP contribution in [0.15, 0.2) is 97.8 Å². The van der Waals surface area contributed by atoms with Gasteiger partial charge in [0.2, 0.25) is 11.4 Å². The molecule has 1 saturated heterocycles. The number of fused-ring (bicyclic) bond motifs is 6. The summed E-state index contributed by atoms with van der Waals surface area (Å²) in [5.41, 5.74) is -4.38. The van der Waals surface area contributed by atoms with Crippen LogP contribution in [0.1, 0.15) is 60.9 Å². The van der Waals surface area contributed by atoms with Gasteiger partial charge in [0.25, 0.3) is 0 Å². The van der Waals surface area contributed by atoms with Crippen molar-refractivity contribution in [2.75, 3.05) is 0 Å². The van der Waals surface area contributed by atoms with Crippen molar-refractivity contribution in [3.8, 4) is 0 Å². The zero-order valence-corrected chi connectivity index (χ0v) is 26.8. The minimum Gasteiger partial charge on any atom is -0.403 e. The molecule has 6 aromatic heterocycles. The van der Waals surface area contributed by atoms with E-state index < -0.39 is 55.1 Å². The summed E-state index contributed by atoms with van der Waals surface area (Å²) in [6.07, 6.45) is -6.74. The minimum atomic E-state index is -2.99. The summed E-state index contributed by atoms with van der Waals surface area (Å²) in [7, 11) is -1.19. The van der Waals surface area contributed by atoms with Crippen molar-refractivity contribution in [2.24, 2.45) is 0 Å². The van der Waals surface area contributed by atoms with Gasteiger partial charge in [-0.2, -0.15) is 0 Å². The standard InChI is InChI=1S/C38H33BN4O6/c1-37(2)38(3,4)49-39(48-37)26-16-22(9-11-24-18-29-31(42-20-24)27-7-5-13-40-33(27)46-35(29)44)15-23(17-26)10-12-25-19-30-32(43-21-25)28-8-6-14-41-34(28)47-36(30)45/h5-8,13-21H,9-12H2,1-4H3/i9D2,10D2,11D2,12D2. The van der Waals surface area contributed by atoms with Crippen molar-refractivity contribution >= 4 is 56.6 Å². The second-order valence-electron chi connectivity index (χ2n) is 12.7. The summed E-state index contributed by atoms with van der Waals surface area (Å²) in [5.74, 6) is 0. The van der Waals surface area contributed by atoms with Crippen molar-refractivity contribution in [3.05, 3.63) is 122 Å². The number of hydrogen-bond acceptors (Lipinski definition) is 10. The normalized spacial score (nSPS) is 19.1. The third-order valence-electron chi connectivity index (χ3n) is 8.83. The second kappa shape index (κ2) is 11.7. The highest BCUT2D eigenvalue weighted by Gasteiger charge is 2.51. The molecule has 1 aromatic carbocycles. The lowest BCUT2D eigenvalue weighted by Crippen LogP contribution is -2.41. The molecule has 8 rings (SSSR count). The van der Waals surface area contributed by atoms with Crippen LogP contribution in [0, 0.1) is 0 Å². The molecule has 7 heterocycles. The Hall–Kier alpha value is -5.26. The van der Waals surface area contributed by atoms with E-state index in [1.165, 1.54) is 24.5 Å². The van der Waals surface area contributed by atoms with Crippen LogP contribution < -0.4 is 16.7 Å². The lowest BCUT2D eigenvalue weighted by atomic mass is 9.76. The Labute approximate surface area is 292 Å². The van der Waals surface area contributed by atoms with E-state index in [0.29, 0.717) is 10.8 Å². The summed E-state index contributed by atoms with van der Waals surface area (Å²) in [6, 6.07) is 12.5. The molecule has 0 saturated carbocycles. The van der Waals surface area contributed by atoms with Gasteiger partial charge in [0.1, 0.15) is 0 Å². The Kier molecular flexibility index (Phi) is 5.54. The van der Waals surface area contributed by atoms with Gasteiger partial charge in [0.05, 0.1) is 43.8 Å². The number of aryl methyl sites for hydroxylation is 4. The summed E-state index contributed by atoms with van der Waals surface area (Å²) in [4.78, 5) is 42.8. The fraction of sp³-hybridized carbons (Fsp3) is 0.263. The van der Waals surface area contributed by atoms with Crippen LogP contribution in [-0.4, -0.2) is 38.3 Å². The predicted molar refractivity (Wildman–Crippen MR) is 188 cm³/mol. The summed E-state index contributed by atoms with van der Waals surface area (Å²) < 4.78 is 97.2. The fourth-order valence-corrected chi connectivity index (χ4v) is 5.60. The molecule has 244 valence electrons. The van der Waals surface area contributed by atoms with E-state index >= 15 is 0 Å². The van der Waals surface area contributed by atoms with Crippen LogP contribution in [0.25, 0.3) is 44.0 Å². The van der Waals surface area contributed by atoms with Crippen molar-refractivity contribution in [1.29, 1.82) is 0 Å².